The van der Waals surface area contributed by atoms with E-state index >= 15 is 0 Å². The summed E-state index contributed by atoms with van der Waals surface area (Å²) in [6.45, 7) is 3.02. The Morgan fingerprint density at radius 3 is 2.94 bits per heavy atom. The van der Waals surface area contributed by atoms with Crippen molar-refractivity contribution >= 4 is 11.9 Å². The van der Waals surface area contributed by atoms with E-state index in [4.69, 9.17) is 9.84 Å². The van der Waals surface area contributed by atoms with Gasteiger partial charge < -0.3 is 15.2 Å². The monoisotopic (exact) mass is 225 g/mol. The Morgan fingerprint density at radius 2 is 2.31 bits per heavy atom. The molecular formula is C10H15N3O3. The number of anilines is 1. The molecule has 0 spiro atoms. The van der Waals surface area contributed by atoms with E-state index in [1.807, 2.05) is 0 Å². The van der Waals surface area contributed by atoms with Crippen LogP contribution in [-0.2, 0) is 4.74 Å². The average Bonchev–Trinajstić information content (AvgIpc) is 2.23. The van der Waals surface area contributed by atoms with Crippen LogP contribution in [0.1, 0.15) is 22.6 Å². The molecule has 6 heteroatoms. The summed E-state index contributed by atoms with van der Waals surface area (Å²) >= 11 is 0. The summed E-state index contributed by atoms with van der Waals surface area (Å²) in [5.41, 5.74) is 0.628. The smallest absolute Gasteiger partial charge is 0.354 e. The molecule has 1 rings (SSSR count). The Kier molecular flexibility index (Phi) is 4.65. The van der Waals surface area contributed by atoms with Gasteiger partial charge in [-0.2, -0.15) is 0 Å². The lowest BCUT2D eigenvalue weighted by molar-refractivity contribution is 0.0690. The van der Waals surface area contributed by atoms with E-state index in [9.17, 15) is 4.79 Å². The SMILES string of the molecule is COCCCNc1nc(C)cc(C(=O)O)n1. The standard InChI is InChI=1S/C10H15N3O3/c1-7-6-8(9(14)15)13-10(12-7)11-4-3-5-16-2/h6H,3-5H2,1-2H3,(H,14,15)(H,11,12,13). The largest absolute Gasteiger partial charge is 0.477 e. The van der Waals surface area contributed by atoms with Gasteiger partial charge in [0, 0.05) is 26.0 Å². The Balaban J connectivity index is 2.62. The Hall–Kier alpha value is -1.69. The second kappa shape index (κ2) is 6.02. The van der Waals surface area contributed by atoms with E-state index in [1.54, 1.807) is 14.0 Å². The van der Waals surface area contributed by atoms with Gasteiger partial charge in [-0.1, -0.05) is 0 Å². The summed E-state index contributed by atoms with van der Waals surface area (Å²) in [6.07, 6.45) is 0.816. The lowest BCUT2D eigenvalue weighted by atomic mass is 10.3. The van der Waals surface area contributed by atoms with Crippen LogP contribution in [0.4, 0.5) is 5.95 Å². The molecule has 0 aliphatic carbocycles. The topological polar surface area (TPSA) is 84.3 Å². The quantitative estimate of drug-likeness (QED) is 0.701. The number of aromatic carboxylic acids is 1. The van der Waals surface area contributed by atoms with Crippen molar-refractivity contribution in [1.29, 1.82) is 0 Å². The summed E-state index contributed by atoms with van der Waals surface area (Å²) in [5, 5.41) is 11.8. The van der Waals surface area contributed by atoms with Crippen LogP contribution in [0.5, 0.6) is 0 Å². The van der Waals surface area contributed by atoms with Crippen LogP contribution in [0.25, 0.3) is 0 Å². The third-order valence-electron chi connectivity index (χ3n) is 1.88. The number of rotatable bonds is 6. The predicted molar refractivity (Wildman–Crippen MR) is 58.7 cm³/mol. The molecule has 88 valence electrons. The number of aromatic nitrogens is 2. The maximum atomic E-state index is 10.7. The molecule has 0 fully saturated rings. The molecule has 0 unspecified atom stereocenters. The average molecular weight is 225 g/mol. The lowest BCUT2D eigenvalue weighted by Gasteiger charge is -2.05. The first-order chi connectivity index (χ1) is 7.63. The zero-order valence-electron chi connectivity index (χ0n) is 9.36. The Labute approximate surface area is 93.7 Å². The highest BCUT2D eigenvalue weighted by Crippen LogP contribution is 2.04. The van der Waals surface area contributed by atoms with Crippen molar-refractivity contribution < 1.29 is 14.6 Å². The molecule has 0 saturated heterocycles. The summed E-state index contributed by atoms with van der Waals surface area (Å²) in [4.78, 5) is 18.7. The lowest BCUT2D eigenvalue weighted by Crippen LogP contribution is -2.11. The Bertz CT molecular complexity index is 368. The molecule has 1 aromatic heterocycles. The molecule has 0 aromatic carbocycles. The van der Waals surface area contributed by atoms with E-state index < -0.39 is 5.97 Å². The maximum Gasteiger partial charge on any atom is 0.354 e. The highest BCUT2D eigenvalue weighted by molar-refractivity contribution is 5.85. The van der Waals surface area contributed by atoms with Crippen molar-refractivity contribution in [2.45, 2.75) is 13.3 Å². The van der Waals surface area contributed by atoms with Gasteiger partial charge in [0.05, 0.1) is 0 Å². The van der Waals surface area contributed by atoms with Gasteiger partial charge in [-0.05, 0) is 19.4 Å². The molecular weight excluding hydrogens is 210 g/mol. The fourth-order valence-corrected chi connectivity index (χ4v) is 1.17. The minimum atomic E-state index is -1.05. The molecule has 16 heavy (non-hydrogen) atoms. The van der Waals surface area contributed by atoms with E-state index in [0.29, 0.717) is 24.8 Å². The number of ether oxygens (including phenoxy) is 1. The van der Waals surface area contributed by atoms with Gasteiger partial charge >= 0.3 is 5.97 Å². The predicted octanol–water partition coefficient (Wildman–Crippen LogP) is 0.932. The van der Waals surface area contributed by atoms with Crippen molar-refractivity contribution in [1.82, 2.24) is 9.97 Å². The van der Waals surface area contributed by atoms with E-state index in [-0.39, 0.29) is 5.69 Å². The third-order valence-corrected chi connectivity index (χ3v) is 1.88. The van der Waals surface area contributed by atoms with Crippen molar-refractivity contribution in [2.75, 3.05) is 25.6 Å². The van der Waals surface area contributed by atoms with Gasteiger partial charge in [0.1, 0.15) is 0 Å². The van der Waals surface area contributed by atoms with Gasteiger partial charge in [0.15, 0.2) is 5.69 Å². The van der Waals surface area contributed by atoms with Crippen LogP contribution in [0.3, 0.4) is 0 Å². The van der Waals surface area contributed by atoms with E-state index in [1.165, 1.54) is 6.07 Å². The molecule has 0 atom stereocenters. The molecule has 0 amide bonds. The van der Waals surface area contributed by atoms with Crippen molar-refractivity contribution in [3.05, 3.63) is 17.5 Å². The van der Waals surface area contributed by atoms with Crippen LogP contribution < -0.4 is 5.32 Å². The highest BCUT2D eigenvalue weighted by atomic mass is 16.5. The number of carboxylic acids is 1. The van der Waals surface area contributed by atoms with Gasteiger partial charge in [-0.3, -0.25) is 0 Å². The number of carboxylic acid groups (broad SMARTS) is 1. The van der Waals surface area contributed by atoms with Gasteiger partial charge in [0.2, 0.25) is 5.95 Å². The molecule has 1 heterocycles. The number of methoxy groups -OCH3 is 1. The van der Waals surface area contributed by atoms with Crippen molar-refractivity contribution in [2.24, 2.45) is 0 Å². The minimum absolute atomic E-state index is 0.00161. The van der Waals surface area contributed by atoms with Crippen LogP contribution in [-0.4, -0.2) is 41.3 Å². The molecule has 2 N–H and O–H groups in total. The third kappa shape index (κ3) is 3.82. The van der Waals surface area contributed by atoms with Gasteiger partial charge in [-0.25, -0.2) is 14.8 Å². The number of nitrogens with zero attached hydrogens (tertiary/aromatic N) is 2. The molecule has 0 aliphatic heterocycles. The first-order valence-corrected chi connectivity index (χ1v) is 4.95. The second-order valence-corrected chi connectivity index (χ2v) is 3.30. The van der Waals surface area contributed by atoms with Gasteiger partial charge in [-0.15, -0.1) is 0 Å². The zero-order chi connectivity index (χ0) is 12.0. The maximum absolute atomic E-state index is 10.7. The summed E-state index contributed by atoms with van der Waals surface area (Å²) in [6, 6.07) is 1.43. The number of carbonyl (C=O) groups is 1. The van der Waals surface area contributed by atoms with Crippen LogP contribution in [0.15, 0.2) is 6.07 Å². The fraction of sp³-hybridized carbons (Fsp3) is 0.500. The molecule has 0 bridgehead atoms. The number of nitrogens with one attached hydrogen (secondary N) is 1. The second-order valence-electron chi connectivity index (χ2n) is 3.30. The van der Waals surface area contributed by atoms with Crippen molar-refractivity contribution in [3.63, 3.8) is 0 Å². The number of hydrogen-bond donors (Lipinski definition) is 2. The molecule has 0 aliphatic rings. The summed E-state index contributed by atoms with van der Waals surface area (Å²) < 4.78 is 4.89. The fourth-order valence-electron chi connectivity index (χ4n) is 1.17. The van der Waals surface area contributed by atoms with Crippen molar-refractivity contribution in [3.8, 4) is 0 Å². The normalized spacial score (nSPS) is 10.1. The first-order valence-electron chi connectivity index (χ1n) is 4.95. The van der Waals surface area contributed by atoms with Gasteiger partial charge in [0.25, 0.3) is 0 Å². The summed E-state index contributed by atoms with van der Waals surface area (Å²) in [7, 11) is 1.63. The van der Waals surface area contributed by atoms with E-state index in [2.05, 4.69) is 15.3 Å². The molecule has 1 aromatic rings. The Morgan fingerprint density at radius 1 is 1.56 bits per heavy atom. The van der Waals surface area contributed by atoms with Crippen LogP contribution in [0.2, 0.25) is 0 Å². The zero-order valence-corrected chi connectivity index (χ0v) is 9.36. The van der Waals surface area contributed by atoms with E-state index in [0.717, 1.165) is 6.42 Å². The van der Waals surface area contributed by atoms with Crippen LogP contribution >= 0.6 is 0 Å². The minimum Gasteiger partial charge on any atom is -0.477 e. The molecule has 6 nitrogen and oxygen atoms in total. The highest BCUT2D eigenvalue weighted by Gasteiger charge is 2.07. The summed E-state index contributed by atoms with van der Waals surface area (Å²) in [5.74, 6) is -0.709. The molecule has 0 saturated carbocycles. The first kappa shape index (κ1) is 12.4. The number of hydrogen-bond acceptors (Lipinski definition) is 5. The van der Waals surface area contributed by atoms with Crippen LogP contribution in [0, 0.1) is 6.92 Å². The molecule has 0 radical (unpaired) electrons. The number of aryl methyl sites for hydroxylation is 1.